The normalized spacial score (nSPS) is 33.9. The van der Waals surface area contributed by atoms with E-state index in [4.69, 9.17) is 0 Å². The van der Waals surface area contributed by atoms with E-state index in [0.717, 1.165) is 17.9 Å². The third kappa shape index (κ3) is 3.21. The van der Waals surface area contributed by atoms with Crippen molar-refractivity contribution in [1.82, 2.24) is 10.2 Å². The average Bonchev–Trinajstić information content (AvgIpc) is 2.57. The highest BCUT2D eigenvalue weighted by Gasteiger charge is 2.27. The monoisotopic (exact) mass is 224 g/mol. The summed E-state index contributed by atoms with van der Waals surface area (Å²) in [6.45, 7) is 9.80. The molecule has 0 atom stereocenters. The van der Waals surface area contributed by atoms with Gasteiger partial charge in [0.15, 0.2) is 0 Å². The van der Waals surface area contributed by atoms with E-state index in [1.54, 1.807) is 0 Å². The summed E-state index contributed by atoms with van der Waals surface area (Å²) in [5, 5.41) is 3.50. The van der Waals surface area contributed by atoms with Gasteiger partial charge in [-0.15, -0.1) is 0 Å². The molecule has 1 aliphatic heterocycles. The number of hydrogen-bond donors (Lipinski definition) is 1. The molecule has 2 rings (SSSR count). The second kappa shape index (κ2) is 6.02. The van der Waals surface area contributed by atoms with Crippen molar-refractivity contribution in [2.45, 2.75) is 52.0 Å². The Labute approximate surface area is 101 Å². The maximum atomic E-state index is 3.50. The van der Waals surface area contributed by atoms with Gasteiger partial charge in [-0.25, -0.2) is 0 Å². The zero-order valence-electron chi connectivity index (χ0n) is 11.0. The highest BCUT2D eigenvalue weighted by molar-refractivity contribution is 4.82. The van der Waals surface area contributed by atoms with Crippen molar-refractivity contribution < 1.29 is 0 Å². The smallest absolute Gasteiger partial charge is 0.0110 e. The molecule has 0 aromatic carbocycles. The first-order chi connectivity index (χ1) is 7.77. The molecule has 0 unspecified atom stereocenters. The minimum atomic E-state index is 0.895. The molecule has 2 nitrogen and oxygen atoms in total. The molecule has 1 saturated heterocycles. The van der Waals surface area contributed by atoms with Gasteiger partial charge in [0.25, 0.3) is 0 Å². The molecule has 2 aliphatic rings. The Balaban J connectivity index is 1.78. The lowest BCUT2D eigenvalue weighted by Crippen LogP contribution is -2.40. The van der Waals surface area contributed by atoms with Gasteiger partial charge in [-0.3, -0.25) is 4.90 Å². The number of nitrogens with zero attached hydrogens (tertiary/aromatic N) is 1. The van der Waals surface area contributed by atoms with Crippen LogP contribution in [0.15, 0.2) is 0 Å². The lowest BCUT2D eigenvalue weighted by molar-refractivity contribution is 0.129. The first kappa shape index (κ1) is 12.4. The zero-order chi connectivity index (χ0) is 11.4. The predicted molar refractivity (Wildman–Crippen MR) is 69.6 cm³/mol. The SMILES string of the molecule is CC(C)C1CCC(N2CCCNCC2)CC1. The summed E-state index contributed by atoms with van der Waals surface area (Å²) in [4.78, 5) is 2.75. The van der Waals surface area contributed by atoms with Crippen LogP contribution < -0.4 is 5.32 Å². The van der Waals surface area contributed by atoms with Gasteiger partial charge in [-0.05, 0) is 57.0 Å². The summed E-state index contributed by atoms with van der Waals surface area (Å²) in [7, 11) is 0. The molecule has 0 radical (unpaired) electrons. The molecular formula is C14H28N2. The van der Waals surface area contributed by atoms with E-state index in [2.05, 4.69) is 24.1 Å². The third-order valence-corrected chi connectivity index (χ3v) is 4.58. The molecule has 1 heterocycles. The van der Waals surface area contributed by atoms with Crippen LogP contribution >= 0.6 is 0 Å². The van der Waals surface area contributed by atoms with Crippen LogP contribution in [0.4, 0.5) is 0 Å². The standard InChI is InChI=1S/C14H28N2/c1-12(2)13-4-6-14(7-5-13)16-10-3-8-15-9-11-16/h12-15H,3-11H2,1-2H3. The Kier molecular flexibility index (Phi) is 4.66. The van der Waals surface area contributed by atoms with Crippen LogP contribution in [0.2, 0.25) is 0 Å². The van der Waals surface area contributed by atoms with Crippen molar-refractivity contribution in [3.63, 3.8) is 0 Å². The molecular weight excluding hydrogens is 196 g/mol. The fourth-order valence-corrected chi connectivity index (χ4v) is 3.37. The van der Waals surface area contributed by atoms with Gasteiger partial charge in [0.1, 0.15) is 0 Å². The van der Waals surface area contributed by atoms with Crippen molar-refractivity contribution in [3.05, 3.63) is 0 Å². The Morgan fingerprint density at radius 1 is 1.00 bits per heavy atom. The molecule has 16 heavy (non-hydrogen) atoms. The fourth-order valence-electron chi connectivity index (χ4n) is 3.37. The molecule has 1 N–H and O–H groups in total. The summed E-state index contributed by atoms with van der Waals surface area (Å²) in [5.41, 5.74) is 0. The number of rotatable bonds is 2. The van der Waals surface area contributed by atoms with Gasteiger partial charge in [-0.1, -0.05) is 13.8 Å². The molecule has 1 saturated carbocycles. The third-order valence-electron chi connectivity index (χ3n) is 4.58. The average molecular weight is 224 g/mol. The number of nitrogens with one attached hydrogen (secondary N) is 1. The van der Waals surface area contributed by atoms with Gasteiger partial charge < -0.3 is 5.32 Å². The summed E-state index contributed by atoms with van der Waals surface area (Å²) in [5.74, 6) is 1.90. The second-order valence-corrected chi connectivity index (χ2v) is 5.95. The van der Waals surface area contributed by atoms with Crippen molar-refractivity contribution >= 4 is 0 Å². The summed E-state index contributed by atoms with van der Waals surface area (Å²) >= 11 is 0. The summed E-state index contributed by atoms with van der Waals surface area (Å²) in [6, 6.07) is 0.898. The lowest BCUT2D eigenvalue weighted by atomic mass is 9.79. The maximum Gasteiger partial charge on any atom is 0.0110 e. The van der Waals surface area contributed by atoms with Crippen LogP contribution in [-0.4, -0.2) is 37.1 Å². The largest absolute Gasteiger partial charge is 0.315 e. The highest BCUT2D eigenvalue weighted by atomic mass is 15.2. The molecule has 0 bridgehead atoms. The maximum absolute atomic E-state index is 3.50. The molecule has 0 amide bonds. The van der Waals surface area contributed by atoms with Crippen LogP contribution in [0, 0.1) is 11.8 Å². The fraction of sp³-hybridized carbons (Fsp3) is 1.00. The van der Waals surface area contributed by atoms with E-state index in [-0.39, 0.29) is 0 Å². The minimum absolute atomic E-state index is 0.895. The lowest BCUT2D eigenvalue weighted by Gasteiger charge is -2.37. The quantitative estimate of drug-likeness (QED) is 0.775. The van der Waals surface area contributed by atoms with Crippen molar-refractivity contribution in [2.24, 2.45) is 11.8 Å². The summed E-state index contributed by atoms with van der Waals surface area (Å²) in [6.07, 6.45) is 7.16. The van der Waals surface area contributed by atoms with Crippen molar-refractivity contribution in [2.75, 3.05) is 26.2 Å². The van der Waals surface area contributed by atoms with E-state index in [1.165, 1.54) is 58.3 Å². The van der Waals surface area contributed by atoms with E-state index in [1.807, 2.05) is 0 Å². The molecule has 2 fully saturated rings. The van der Waals surface area contributed by atoms with Gasteiger partial charge in [0.05, 0.1) is 0 Å². The molecule has 0 aromatic heterocycles. The van der Waals surface area contributed by atoms with Crippen LogP contribution in [0.3, 0.4) is 0 Å². The van der Waals surface area contributed by atoms with Crippen molar-refractivity contribution in [1.29, 1.82) is 0 Å². The highest BCUT2D eigenvalue weighted by Crippen LogP contribution is 2.32. The molecule has 2 heteroatoms. The van der Waals surface area contributed by atoms with Crippen LogP contribution in [-0.2, 0) is 0 Å². The zero-order valence-corrected chi connectivity index (χ0v) is 11.0. The first-order valence-electron chi connectivity index (χ1n) is 7.22. The van der Waals surface area contributed by atoms with E-state index < -0.39 is 0 Å². The topological polar surface area (TPSA) is 15.3 Å². The van der Waals surface area contributed by atoms with Gasteiger partial charge in [0, 0.05) is 19.1 Å². The summed E-state index contributed by atoms with van der Waals surface area (Å²) < 4.78 is 0. The van der Waals surface area contributed by atoms with Crippen LogP contribution in [0.1, 0.15) is 46.0 Å². The minimum Gasteiger partial charge on any atom is -0.315 e. The van der Waals surface area contributed by atoms with E-state index in [0.29, 0.717) is 0 Å². The molecule has 94 valence electrons. The Hall–Kier alpha value is -0.0800. The Morgan fingerprint density at radius 3 is 2.44 bits per heavy atom. The van der Waals surface area contributed by atoms with E-state index >= 15 is 0 Å². The van der Waals surface area contributed by atoms with E-state index in [9.17, 15) is 0 Å². The Bertz CT molecular complexity index is 187. The van der Waals surface area contributed by atoms with Crippen LogP contribution in [0.5, 0.6) is 0 Å². The molecule has 0 aromatic rings. The molecule has 1 aliphatic carbocycles. The molecule has 0 spiro atoms. The van der Waals surface area contributed by atoms with Crippen molar-refractivity contribution in [3.8, 4) is 0 Å². The van der Waals surface area contributed by atoms with Gasteiger partial charge >= 0.3 is 0 Å². The predicted octanol–water partition coefficient (Wildman–Crippen LogP) is 2.50. The van der Waals surface area contributed by atoms with Gasteiger partial charge in [0.2, 0.25) is 0 Å². The van der Waals surface area contributed by atoms with Crippen LogP contribution in [0.25, 0.3) is 0 Å². The first-order valence-corrected chi connectivity index (χ1v) is 7.22. The Morgan fingerprint density at radius 2 is 1.75 bits per heavy atom. The number of hydrogen-bond acceptors (Lipinski definition) is 2. The van der Waals surface area contributed by atoms with Gasteiger partial charge in [-0.2, -0.15) is 0 Å². The second-order valence-electron chi connectivity index (χ2n) is 5.95.